The fraction of sp³-hybridized carbons (Fsp3) is 0.875. The van der Waals surface area contributed by atoms with Crippen molar-refractivity contribution in [3.63, 3.8) is 0 Å². The maximum Gasteiger partial charge on any atom is 0.305 e. The molecule has 4 nitrogen and oxygen atoms in total. The summed E-state index contributed by atoms with van der Waals surface area (Å²) < 4.78 is 4.82. The summed E-state index contributed by atoms with van der Waals surface area (Å²) in [6.07, 6.45) is 10.2. The average molecular weight is 285 g/mol. The topological polar surface area (TPSA) is 55.4 Å². The monoisotopic (exact) mass is 285 g/mol. The van der Waals surface area contributed by atoms with Crippen molar-refractivity contribution >= 4 is 11.9 Å². The van der Waals surface area contributed by atoms with Crippen molar-refractivity contribution in [1.29, 1.82) is 0 Å². The van der Waals surface area contributed by atoms with Crippen molar-refractivity contribution in [3.05, 3.63) is 0 Å². The van der Waals surface area contributed by atoms with Crippen LogP contribution in [0.15, 0.2) is 0 Å². The average Bonchev–Trinajstić information content (AvgIpc) is 2.43. The number of carbonyl (C=O) groups is 2. The molecule has 0 atom stereocenters. The third-order valence-electron chi connectivity index (χ3n) is 3.19. The summed E-state index contributed by atoms with van der Waals surface area (Å²) in [5.74, 6) is -0.0868. The molecule has 0 aromatic carbocycles. The van der Waals surface area contributed by atoms with E-state index in [0.717, 1.165) is 12.8 Å². The van der Waals surface area contributed by atoms with E-state index in [2.05, 4.69) is 12.2 Å². The van der Waals surface area contributed by atoms with Crippen molar-refractivity contribution in [2.75, 3.05) is 13.2 Å². The van der Waals surface area contributed by atoms with E-state index in [9.17, 15) is 9.59 Å². The van der Waals surface area contributed by atoms with Gasteiger partial charge in [-0.3, -0.25) is 9.59 Å². The van der Waals surface area contributed by atoms with Gasteiger partial charge in [0, 0.05) is 19.4 Å². The van der Waals surface area contributed by atoms with Gasteiger partial charge >= 0.3 is 5.97 Å². The smallest absolute Gasteiger partial charge is 0.305 e. The molecule has 0 radical (unpaired) electrons. The minimum atomic E-state index is -0.186. The second kappa shape index (κ2) is 14.4. The Morgan fingerprint density at radius 2 is 1.50 bits per heavy atom. The van der Waals surface area contributed by atoms with Gasteiger partial charge < -0.3 is 10.1 Å². The van der Waals surface area contributed by atoms with Crippen molar-refractivity contribution in [2.45, 2.75) is 78.1 Å². The molecular formula is C16H31NO3. The van der Waals surface area contributed by atoms with Crippen molar-refractivity contribution in [2.24, 2.45) is 0 Å². The summed E-state index contributed by atoms with van der Waals surface area (Å²) in [5, 5.41) is 2.84. The molecule has 0 saturated heterocycles. The Kier molecular flexibility index (Phi) is 13.6. The van der Waals surface area contributed by atoms with Gasteiger partial charge in [-0.05, 0) is 19.8 Å². The number of rotatable bonds is 13. The molecule has 0 saturated carbocycles. The second-order valence-corrected chi connectivity index (χ2v) is 5.13. The molecule has 0 heterocycles. The van der Waals surface area contributed by atoms with Gasteiger partial charge in [0.05, 0.1) is 6.61 Å². The SMILES string of the molecule is CCCCCCCCCC(=O)NCCCC(=O)OCC. The number of ether oxygens (including phenoxy) is 1. The van der Waals surface area contributed by atoms with E-state index in [1.165, 1.54) is 32.1 Å². The first kappa shape index (κ1) is 18.9. The fourth-order valence-corrected chi connectivity index (χ4v) is 2.02. The Morgan fingerprint density at radius 1 is 0.850 bits per heavy atom. The van der Waals surface area contributed by atoms with Crippen LogP contribution in [0.1, 0.15) is 78.1 Å². The summed E-state index contributed by atoms with van der Waals surface area (Å²) in [5.41, 5.74) is 0. The lowest BCUT2D eigenvalue weighted by Gasteiger charge is -2.05. The van der Waals surface area contributed by atoms with Crippen LogP contribution in [0.4, 0.5) is 0 Å². The van der Waals surface area contributed by atoms with Gasteiger partial charge in [0.2, 0.25) is 5.91 Å². The van der Waals surface area contributed by atoms with Crippen LogP contribution in [0.2, 0.25) is 0 Å². The van der Waals surface area contributed by atoms with E-state index in [1.807, 2.05) is 0 Å². The molecule has 0 aliphatic heterocycles. The predicted octanol–water partition coefficient (Wildman–Crippen LogP) is 3.59. The van der Waals surface area contributed by atoms with Gasteiger partial charge in [0.1, 0.15) is 0 Å². The minimum Gasteiger partial charge on any atom is -0.466 e. The molecule has 4 heteroatoms. The highest BCUT2D eigenvalue weighted by molar-refractivity contribution is 5.75. The number of nitrogens with one attached hydrogen (secondary N) is 1. The maximum atomic E-state index is 11.5. The standard InChI is InChI=1S/C16H31NO3/c1-3-5-6-7-8-9-10-12-15(18)17-14-11-13-16(19)20-4-2/h3-14H2,1-2H3,(H,17,18). The van der Waals surface area contributed by atoms with E-state index < -0.39 is 0 Å². The van der Waals surface area contributed by atoms with E-state index in [-0.39, 0.29) is 11.9 Å². The summed E-state index contributed by atoms with van der Waals surface area (Å²) in [6, 6.07) is 0. The lowest BCUT2D eigenvalue weighted by Crippen LogP contribution is -2.24. The molecule has 0 aromatic rings. The lowest BCUT2D eigenvalue weighted by atomic mass is 10.1. The Labute approximate surface area is 123 Å². The number of esters is 1. The number of unbranched alkanes of at least 4 members (excludes halogenated alkanes) is 6. The molecule has 0 spiro atoms. The Morgan fingerprint density at radius 3 is 2.15 bits per heavy atom. The number of hydrogen-bond acceptors (Lipinski definition) is 3. The van der Waals surface area contributed by atoms with E-state index >= 15 is 0 Å². The zero-order valence-electron chi connectivity index (χ0n) is 13.2. The quantitative estimate of drug-likeness (QED) is 0.415. The normalized spacial score (nSPS) is 10.3. The highest BCUT2D eigenvalue weighted by Gasteiger charge is 2.03. The Hall–Kier alpha value is -1.06. The molecule has 0 rings (SSSR count). The highest BCUT2D eigenvalue weighted by Crippen LogP contribution is 2.08. The van der Waals surface area contributed by atoms with Gasteiger partial charge in [-0.2, -0.15) is 0 Å². The first-order valence-corrected chi connectivity index (χ1v) is 8.13. The van der Waals surface area contributed by atoms with Crippen molar-refractivity contribution in [1.82, 2.24) is 5.32 Å². The molecule has 0 aliphatic rings. The molecule has 0 aromatic heterocycles. The molecule has 118 valence electrons. The van der Waals surface area contributed by atoms with Crippen molar-refractivity contribution in [3.8, 4) is 0 Å². The zero-order valence-corrected chi connectivity index (χ0v) is 13.2. The number of amides is 1. The van der Waals surface area contributed by atoms with Gasteiger partial charge in [0.25, 0.3) is 0 Å². The van der Waals surface area contributed by atoms with Gasteiger partial charge in [-0.25, -0.2) is 0 Å². The Balaban J connectivity index is 3.26. The Bertz CT molecular complexity index is 254. The first-order chi connectivity index (χ1) is 9.70. The van der Waals surface area contributed by atoms with Crippen LogP contribution in [0.25, 0.3) is 0 Å². The van der Waals surface area contributed by atoms with Crippen LogP contribution in [-0.2, 0) is 14.3 Å². The molecule has 1 amide bonds. The third-order valence-corrected chi connectivity index (χ3v) is 3.19. The molecule has 0 aliphatic carbocycles. The summed E-state index contributed by atoms with van der Waals surface area (Å²) in [6.45, 7) is 4.99. The number of hydrogen-bond donors (Lipinski definition) is 1. The van der Waals surface area contributed by atoms with Crippen LogP contribution >= 0.6 is 0 Å². The molecule has 0 unspecified atom stereocenters. The molecule has 1 N–H and O–H groups in total. The van der Waals surface area contributed by atoms with Crippen LogP contribution < -0.4 is 5.32 Å². The maximum absolute atomic E-state index is 11.5. The van der Waals surface area contributed by atoms with E-state index in [4.69, 9.17) is 4.74 Å². The minimum absolute atomic E-state index is 0.0995. The van der Waals surface area contributed by atoms with Crippen molar-refractivity contribution < 1.29 is 14.3 Å². The largest absolute Gasteiger partial charge is 0.466 e. The zero-order chi connectivity index (χ0) is 15.1. The van der Waals surface area contributed by atoms with E-state index in [1.54, 1.807) is 6.92 Å². The second-order valence-electron chi connectivity index (χ2n) is 5.13. The van der Waals surface area contributed by atoms with Crippen LogP contribution in [0.3, 0.4) is 0 Å². The predicted molar refractivity (Wildman–Crippen MR) is 81.5 cm³/mol. The molecule has 20 heavy (non-hydrogen) atoms. The third kappa shape index (κ3) is 13.4. The fourth-order valence-electron chi connectivity index (χ4n) is 2.02. The van der Waals surface area contributed by atoms with E-state index in [0.29, 0.717) is 32.4 Å². The lowest BCUT2D eigenvalue weighted by molar-refractivity contribution is -0.143. The summed E-state index contributed by atoms with van der Waals surface area (Å²) in [7, 11) is 0. The molecular weight excluding hydrogens is 254 g/mol. The number of carbonyl (C=O) groups excluding carboxylic acids is 2. The highest BCUT2D eigenvalue weighted by atomic mass is 16.5. The van der Waals surface area contributed by atoms with Crippen LogP contribution in [-0.4, -0.2) is 25.0 Å². The van der Waals surface area contributed by atoms with Gasteiger partial charge in [0.15, 0.2) is 0 Å². The first-order valence-electron chi connectivity index (χ1n) is 8.13. The van der Waals surface area contributed by atoms with Gasteiger partial charge in [-0.15, -0.1) is 0 Å². The summed E-state index contributed by atoms with van der Waals surface area (Å²) >= 11 is 0. The van der Waals surface area contributed by atoms with Crippen LogP contribution in [0, 0.1) is 0 Å². The van der Waals surface area contributed by atoms with Crippen LogP contribution in [0.5, 0.6) is 0 Å². The summed E-state index contributed by atoms with van der Waals surface area (Å²) in [4.78, 5) is 22.6. The van der Waals surface area contributed by atoms with Gasteiger partial charge in [-0.1, -0.05) is 45.4 Å². The molecule has 0 bridgehead atoms. The molecule has 0 fully saturated rings.